The molecule has 46 heavy (non-hydrogen) atoms. The van der Waals surface area contributed by atoms with Gasteiger partial charge in [0.05, 0.1) is 12.1 Å². The first-order valence-electron chi connectivity index (χ1n) is 18.2. The number of unbranched alkanes of at least 4 members (excludes halogenated alkanes) is 2. The van der Waals surface area contributed by atoms with E-state index in [1.807, 2.05) is 26.3 Å². The van der Waals surface area contributed by atoms with E-state index in [2.05, 4.69) is 52.0 Å². The van der Waals surface area contributed by atoms with Crippen molar-refractivity contribution in [3.05, 3.63) is 57.6 Å². The van der Waals surface area contributed by atoms with Gasteiger partial charge in [-0.2, -0.15) is 0 Å². The molecular formula is C40H64N4O2. The van der Waals surface area contributed by atoms with Gasteiger partial charge in [-0.1, -0.05) is 78.4 Å². The molecule has 0 spiro atoms. The minimum Gasteiger partial charge on any atom is -0.507 e. The normalized spacial score (nSPS) is 17.8. The van der Waals surface area contributed by atoms with Crippen LogP contribution in [0, 0.1) is 13.8 Å². The van der Waals surface area contributed by atoms with Crippen LogP contribution in [0.2, 0.25) is 0 Å². The molecule has 3 rings (SSSR count). The Balaban J connectivity index is 1.91. The third-order valence-corrected chi connectivity index (χ3v) is 10.6. The first kappa shape index (κ1) is 37.8. The quantitative estimate of drug-likeness (QED) is 0.123. The van der Waals surface area contributed by atoms with Gasteiger partial charge in [-0.3, -0.25) is 9.98 Å². The Kier molecular flexibility index (Phi) is 14.8. The molecule has 0 radical (unpaired) electrons. The number of aryl methyl sites for hydroxylation is 2. The number of nitrogens with zero attached hydrogens (tertiary/aromatic N) is 2. The van der Waals surface area contributed by atoms with E-state index >= 15 is 0 Å². The molecule has 1 aliphatic rings. The van der Waals surface area contributed by atoms with Crippen molar-refractivity contribution in [3.63, 3.8) is 0 Å². The van der Waals surface area contributed by atoms with Crippen LogP contribution in [-0.4, -0.2) is 47.8 Å². The maximum absolute atomic E-state index is 11.1. The van der Waals surface area contributed by atoms with Crippen molar-refractivity contribution in [1.29, 1.82) is 0 Å². The molecule has 0 heterocycles. The monoisotopic (exact) mass is 633 g/mol. The highest BCUT2D eigenvalue weighted by Gasteiger charge is 2.29. The summed E-state index contributed by atoms with van der Waals surface area (Å²) in [6.07, 6.45) is 18.8. The first-order chi connectivity index (χ1) is 22.0. The van der Waals surface area contributed by atoms with Crippen molar-refractivity contribution in [2.75, 3.05) is 13.1 Å². The van der Waals surface area contributed by atoms with Gasteiger partial charge in [-0.25, -0.2) is 0 Å². The van der Waals surface area contributed by atoms with Crippen molar-refractivity contribution < 1.29 is 10.2 Å². The summed E-state index contributed by atoms with van der Waals surface area (Å²) in [5.41, 5.74) is 17.7. The predicted molar refractivity (Wildman–Crippen MR) is 197 cm³/mol. The van der Waals surface area contributed by atoms with Crippen LogP contribution in [0.15, 0.2) is 34.3 Å². The van der Waals surface area contributed by atoms with Gasteiger partial charge in [0, 0.05) is 23.6 Å². The molecule has 6 heteroatoms. The summed E-state index contributed by atoms with van der Waals surface area (Å²) in [6.45, 7) is 14.5. The molecular weight excluding hydrogens is 568 g/mol. The Morgan fingerprint density at radius 3 is 1.39 bits per heavy atom. The van der Waals surface area contributed by atoms with Crippen LogP contribution >= 0.6 is 0 Å². The molecule has 0 aromatic heterocycles. The minimum absolute atomic E-state index is 0.0278. The average molecular weight is 633 g/mol. The van der Waals surface area contributed by atoms with Crippen LogP contribution in [0.3, 0.4) is 0 Å². The number of aromatic hydroxyl groups is 2. The van der Waals surface area contributed by atoms with E-state index in [-0.39, 0.29) is 28.7 Å². The van der Waals surface area contributed by atoms with Crippen molar-refractivity contribution in [2.24, 2.45) is 21.5 Å². The molecule has 1 aliphatic carbocycles. The number of nitrogens with two attached hydrogens (primary N) is 2. The Morgan fingerprint density at radius 2 is 1.04 bits per heavy atom. The third kappa shape index (κ3) is 9.90. The molecule has 256 valence electrons. The maximum atomic E-state index is 11.1. The van der Waals surface area contributed by atoms with Crippen LogP contribution in [0.25, 0.3) is 0 Å². The maximum Gasteiger partial charge on any atom is 0.127 e. The summed E-state index contributed by atoms with van der Waals surface area (Å²) < 4.78 is 0. The molecule has 2 aromatic rings. The summed E-state index contributed by atoms with van der Waals surface area (Å²) >= 11 is 0. The summed E-state index contributed by atoms with van der Waals surface area (Å²) in [5.74, 6) is 0.607. The van der Waals surface area contributed by atoms with Gasteiger partial charge in [0.1, 0.15) is 11.5 Å². The van der Waals surface area contributed by atoms with E-state index in [0.717, 1.165) is 86.5 Å². The second kappa shape index (κ2) is 18.0. The first-order valence-corrected chi connectivity index (χ1v) is 18.2. The number of rotatable bonds is 18. The molecule has 6 N–H and O–H groups in total. The number of hydrogen-bond donors (Lipinski definition) is 4. The van der Waals surface area contributed by atoms with E-state index in [4.69, 9.17) is 21.5 Å². The highest BCUT2D eigenvalue weighted by Crippen LogP contribution is 2.39. The van der Waals surface area contributed by atoms with E-state index in [9.17, 15) is 10.2 Å². The van der Waals surface area contributed by atoms with Crippen LogP contribution in [0.5, 0.6) is 11.5 Å². The zero-order chi connectivity index (χ0) is 33.7. The number of aliphatic imine (C=N–C) groups is 2. The summed E-state index contributed by atoms with van der Waals surface area (Å²) in [7, 11) is 0. The van der Waals surface area contributed by atoms with Gasteiger partial charge in [0.25, 0.3) is 0 Å². The molecule has 1 fully saturated rings. The van der Waals surface area contributed by atoms with E-state index in [1.165, 1.54) is 36.8 Å². The van der Waals surface area contributed by atoms with Gasteiger partial charge in [-0.15, -0.1) is 0 Å². The molecule has 2 atom stereocenters. The fourth-order valence-electron chi connectivity index (χ4n) is 7.24. The smallest absolute Gasteiger partial charge is 0.127 e. The summed E-state index contributed by atoms with van der Waals surface area (Å²) in [6, 6.07) is 8.65. The number of hydrogen-bond acceptors (Lipinski definition) is 6. The lowest BCUT2D eigenvalue weighted by atomic mass is 9.73. The Hall–Kier alpha value is -2.70. The van der Waals surface area contributed by atoms with Crippen LogP contribution in [0.4, 0.5) is 0 Å². The Bertz CT molecular complexity index is 1190. The average Bonchev–Trinajstić information content (AvgIpc) is 3.05. The van der Waals surface area contributed by atoms with Crippen molar-refractivity contribution >= 4 is 12.4 Å². The third-order valence-electron chi connectivity index (χ3n) is 10.6. The van der Waals surface area contributed by atoms with Crippen LogP contribution < -0.4 is 11.5 Å². The highest BCUT2D eigenvalue weighted by molar-refractivity contribution is 5.86. The molecule has 1 saturated carbocycles. The van der Waals surface area contributed by atoms with E-state index in [1.54, 1.807) is 0 Å². The molecule has 2 aromatic carbocycles. The fraction of sp³-hybridized carbons (Fsp3) is 0.650. The molecule has 6 nitrogen and oxygen atoms in total. The number of phenols is 2. The standard InChI is InChI=1S/C40H64N4O2/c1-7-9-17-39(5,18-10-8-2)33-23-29(3)37(45)31(25-33)27-43-35-15-11-12-16-36(35)44-28-32-26-34(24-30(4)38(32)46)40(6,19-13-21-41)20-14-22-42/h23-28,35-36,45-46H,7-22,41-42H2,1-6H3/t35-,36-/m0/s1. The van der Waals surface area contributed by atoms with Gasteiger partial charge in [0.15, 0.2) is 0 Å². The summed E-state index contributed by atoms with van der Waals surface area (Å²) in [5, 5.41) is 22.1. The second-order valence-corrected chi connectivity index (χ2v) is 14.6. The van der Waals surface area contributed by atoms with E-state index in [0.29, 0.717) is 18.8 Å². The fourth-order valence-corrected chi connectivity index (χ4v) is 7.24. The van der Waals surface area contributed by atoms with Crippen LogP contribution in [-0.2, 0) is 10.8 Å². The molecule has 0 saturated heterocycles. The predicted octanol–water partition coefficient (Wildman–Crippen LogP) is 8.94. The van der Waals surface area contributed by atoms with Crippen molar-refractivity contribution in [1.82, 2.24) is 0 Å². The molecule has 0 unspecified atom stereocenters. The van der Waals surface area contributed by atoms with Crippen molar-refractivity contribution in [2.45, 2.75) is 154 Å². The number of phenolic OH excluding ortho intramolecular Hbond substituents is 2. The van der Waals surface area contributed by atoms with E-state index < -0.39 is 0 Å². The lowest BCUT2D eigenvalue weighted by Gasteiger charge is -2.31. The SMILES string of the molecule is CCCCC(C)(CCCC)c1cc(C)c(O)c(C=N[C@H]2CCCC[C@@H]2N=Cc2cc(C(C)(CCCN)CCCN)cc(C)c2O)c1. The zero-order valence-electron chi connectivity index (χ0n) is 29.9. The molecule has 0 bridgehead atoms. The van der Waals surface area contributed by atoms with Gasteiger partial charge in [-0.05, 0) is 124 Å². The zero-order valence-corrected chi connectivity index (χ0v) is 29.9. The topological polar surface area (TPSA) is 117 Å². The van der Waals surface area contributed by atoms with Gasteiger partial charge < -0.3 is 21.7 Å². The Labute approximate surface area is 280 Å². The largest absolute Gasteiger partial charge is 0.507 e. The molecule has 0 aliphatic heterocycles. The minimum atomic E-state index is -0.0602. The van der Waals surface area contributed by atoms with Crippen molar-refractivity contribution in [3.8, 4) is 11.5 Å². The lowest BCUT2D eigenvalue weighted by Crippen LogP contribution is -2.27. The molecule has 0 amide bonds. The highest BCUT2D eigenvalue weighted by atomic mass is 16.3. The summed E-state index contributed by atoms with van der Waals surface area (Å²) in [4.78, 5) is 10.1. The second-order valence-electron chi connectivity index (χ2n) is 14.6. The van der Waals surface area contributed by atoms with Gasteiger partial charge in [0.2, 0.25) is 0 Å². The lowest BCUT2D eigenvalue weighted by molar-refractivity contribution is 0.373. The number of benzene rings is 2. The van der Waals surface area contributed by atoms with Crippen LogP contribution in [0.1, 0.15) is 151 Å². The Morgan fingerprint density at radius 1 is 0.674 bits per heavy atom. The van der Waals surface area contributed by atoms with Gasteiger partial charge >= 0.3 is 0 Å².